The molecule has 2 heterocycles. The second kappa shape index (κ2) is 7.96. The number of sulfonamides is 1. The minimum Gasteiger partial charge on any atom is -0.459 e. The number of nitrogens with one attached hydrogen (secondary N) is 1. The number of hydrogen-bond donors (Lipinski definition) is 1. The lowest BCUT2D eigenvalue weighted by Crippen LogP contribution is -2.70. The summed E-state index contributed by atoms with van der Waals surface area (Å²) in [7, 11) is -3.86. The van der Waals surface area contributed by atoms with Crippen molar-refractivity contribution in [3.8, 4) is 0 Å². The van der Waals surface area contributed by atoms with Crippen LogP contribution in [0.5, 0.6) is 0 Å². The first kappa shape index (κ1) is 21.9. The first-order valence-corrected chi connectivity index (χ1v) is 12.3. The van der Waals surface area contributed by atoms with Crippen molar-refractivity contribution in [1.82, 2.24) is 9.62 Å². The predicted octanol–water partition coefficient (Wildman–Crippen LogP) is 2.45. The Balaban J connectivity index is 1.47. The van der Waals surface area contributed by atoms with Gasteiger partial charge in [-0.25, -0.2) is 13.2 Å². The van der Waals surface area contributed by atoms with E-state index < -0.39 is 44.1 Å². The van der Waals surface area contributed by atoms with Crippen molar-refractivity contribution in [2.75, 3.05) is 0 Å². The monoisotopic (exact) mass is 460 g/mol. The van der Waals surface area contributed by atoms with Crippen molar-refractivity contribution >= 4 is 33.7 Å². The second-order valence-corrected chi connectivity index (χ2v) is 11.8. The molecule has 2 saturated heterocycles. The largest absolute Gasteiger partial charge is 0.459 e. The highest BCUT2D eigenvalue weighted by atomic mass is 32.2. The van der Waals surface area contributed by atoms with E-state index in [4.69, 9.17) is 4.74 Å². The molecule has 0 radical (unpaired) electrons. The number of β-lactam (4-membered cyclic amide) rings is 1. The zero-order chi connectivity index (χ0) is 22.4. The Kier molecular flexibility index (Phi) is 5.61. The third-order valence-corrected chi connectivity index (χ3v) is 8.53. The Bertz CT molecular complexity index is 1100. The maximum Gasteiger partial charge on any atom is 0.330 e. The van der Waals surface area contributed by atoms with Gasteiger partial charge in [-0.05, 0) is 38.5 Å². The molecule has 0 bridgehead atoms. The third kappa shape index (κ3) is 4.09. The highest BCUT2D eigenvalue weighted by Crippen LogP contribution is 2.51. The molecule has 9 heteroatoms. The number of nitrogens with zero attached hydrogens (tertiary/aromatic N) is 1. The molecule has 2 aromatic rings. The Morgan fingerprint density at radius 1 is 1.13 bits per heavy atom. The molecule has 0 spiro atoms. The van der Waals surface area contributed by atoms with Crippen LogP contribution in [-0.2, 0) is 31.0 Å². The summed E-state index contributed by atoms with van der Waals surface area (Å²) in [5, 5.41) is -0.461. The van der Waals surface area contributed by atoms with Crippen molar-refractivity contribution in [2.24, 2.45) is 0 Å². The molecule has 2 aliphatic heterocycles. The van der Waals surface area contributed by atoms with Crippen molar-refractivity contribution in [3.05, 3.63) is 65.7 Å². The fourth-order valence-corrected chi connectivity index (χ4v) is 6.76. The Labute approximate surface area is 186 Å². The number of thioether (sulfide) groups is 1. The van der Waals surface area contributed by atoms with Crippen LogP contribution in [0.4, 0.5) is 0 Å². The maximum absolute atomic E-state index is 12.9. The van der Waals surface area contributed by atoms with E-state index in [2.05, 4.69) is 4.72 Å². The molecule has 0 aromatic heterocycles. The van der Waals surface area contributed by atoms with Crippen LogP contribution in [0.3, 0.4) is 0 Å². The molecule has 2 aromatic carbocycles. The third-order valence-electron chi connectivity index (χ3n) is 5.50. The lowest BCUT2D eigenvalue weighted by atomic mass is 9.96. The summed E-state index contributed by atoms with van der Waals surface area (Å²) in [6.07, 6.45) is 0. The molecule has 4 rings (SSSR count). The van der Waals surface area contributed by atoms with Gasteiger partial charge >= 0.3 is 5.97 Å². The number of carbonyl (C=O) groups is 2. The zero-order valence-electron chi connectivity index (χ0n) is 17.4. The summed E-state index contributed by atoms with van der Waals surface area (Å²) in [6, 6.07) is 14.0. The number of carbonyl (C=O) groups excluding carboxylic acids is 2. The lowest BCUT2D eigenvalue weighted by molar-refractivity contribution is -0.164. The zero-order valence-corrected chi connectivity index (χ0v) is 19.1. The first-order chi connectivity index (χ1) is 14.6. The summed E-state index contributed by atoms with van der Waals surface area (Å²) >= 11 is 1.40. The van der Waals surface area contributed by atoms with Crippen molar-refractivity contribution in [2.45, 2.75) is 54.5 Å². The van der Waals surface area contributed by atoms with Crippen LogP contribution >= 0.6 is 11.8 Å². The van der Waals surface area contributed by atoms with E-state index >= 15 is 0 Å². The van der Waals surface area contributed by atoms with Crippen LogP contribution in [0, 0.1) is 6.92 Å². The highest BCUT2D eigenvalue weighted by Gasteiger charge is 2.64. The van der Waals surface area contributed by atoms with Gasteiger partial charge in [-0.1, -0.05) is 48.0 Å². The minimum absolute atomic E-state index is 0.102. The van der Waals surface area contributed by atoms with E-state index in [1.54, 1.807) is 12.1 Å². The summed E-state index contributed by atoms with van der Waals surface area (Å²) < 4.78 is 32.8. The summed E-state index contributed by atoms with van der Waals surface area (Å²) in [6.45, 7) is 5.71. The van der Waals surface area contributed by atoms with Gasteiger partial charge in [-0.15, -0.1) is 11.8 Å². The molecule has 3 atom stereocenters. The van der Waals surface area contributed by atoms with Crippen molar-refractivity contribution < 1.29 is 22.7 Å². The summed E-state index contributed by atoms with van der Waals surface area (Å²) in [4.78, 5) is 27.3. The highest BCUT2D eigenvalue weighted by molar-refractivity contribution is 8.01. The van der Waals surface area contributed by atoms with Crippen molar-refractivity contribution in [1.29, 1.82) is 0 Å². The van der Waals surface area contributed by atoms with Gasteiger partial charge in [0, 0.05) is 4.75 Å². The number of fused-ring (bicyclic) bond motifs is 1. The van der Waals surface area contributed by atoms with Gasteiger partial charge < -0.3 is 9.64 Å². The Hall–Kier alpha value is -2.36. The van der Waals surface area contributed by atoms with Gasteiger partial charge in [-0.3, -0.25) is 4.79 Å². The standard InChI is InChI=1S/C22H24N2O5S2/c1-14-9-11-16(12-10-14)31(27,28)23-17-19(25)24-18(22(2,3)30-20(17)24)21(26)29-13-15-7-5-4-6-8-15/h4-12,17-18,20,23H,13H2,1-3H3/t17-,18+,20-/m1/s1. The van der Waals surface area contributed by atoms with E-state index in [1.165, 1.54) is 28.8 Å². The van der Waals surface area contributed by atoms with Crippen LogP contribution in [-0.4, -0.2) is 47.4 Å². The molecule has 2 fully saturated rings. The normalized spacial score (nSPS) is 24.4. The van der Waals surface area contributed by atoms with Crippen LogP contribution in [0.25, 0.3) is 0 Å². The lowest BCUT2D eigenvalue weighted by Gasteiger charge is -2.43. The van der Waals surface area contributed by atoms with E-state index in [0.29, 0.717) is 0 Å². The quantitative estimate of drug-likeness (QED) is 0.526. The van der Waals surface area contributed by atoms with Gasteiger partial charge in [0.15, 0.2) is 0 Å². The molecule has 164 valence electrons. The fourth-order valence-electron chi connectivity index (χ4n) is 3.86. The van der Waals surface area contributed by atoms with Crippen LogP contribution in [0.15, 0.2) is 59.5 Å². The second-order valence-electron chi connectivity index (χ2n) is 8.27. The number of benzene rings is 2. The number of rotatable bonds is 6. The fraction of sp³-hybridized carbons (Fsp3) is 0.364. The average molecular weight is 461 g/mol. The Morgan fingerprint density at radius 2 is 1.77 bits per heavy atom. The number of aryl methyl sites for hydroxylation is 1. The molecule has 7 nitrogen and oxygen atoms in total. The van der Waals surface area contributed by atoms with E-state index in [-0.39, 0.29) is 11.5 Å². The van der Waals surface area contributed by atoms with Gasteiger partial charge in [0.1, 0.15) is 24.1 Å². The molecule has 0 unspecified atom stereocenters. The molecule has 1 N–H and O–H groups in total. The van der Waals surface area contributed by atoms with E-state index in [9.17, 15) is 18.0 Å². The van der Waals surface area contributed by atoms with E-state index in [1.807, 2.05) is 51.1 Å². The van der Waals surface area contributed by atoms with Crippen LogP contribution < -0.4 is 4.72 Å². The van der Waals surface area contributed by atoms with Gasteiger partial charge in [-0.2, -0.15) is 4.72 Å². The number of amides is 1. The molecule has 0 saturated carbocycles. The first-order valence-electron chi connectivity index (χ1n) is 9.90. The summed E-state index contributed by atoms with van der Waals surface area (Å²) in [5.74, 6) is -0.905. The van der Waals surface area contributed by atoms with Gasteiger partial charge in [0.2, 0.25) is 15.9 Å². The van der Waals surface area contributed by atoms with Gasteiger partial charge in [0.25, 0.3) is 0 Å². The number of ether oxygens (including phenoxy) is 1. The van der Waals surface area contributed by atoms with Crippen LogP contribution in [0.1, 0.15) is 25.0 Å². The average Bonchev–Trinajstić information content (AvgIpc) is 2.99. The molecule has 2 aliphatic rings. The number of hydrogen-bond acceptors (Lipinski definition) is 6. The predicted molar refractivity (Wildman–Crippen MR) is 118 cm³/mol. The molecule has 0 aliphatic carbocycles. The molecule has 1 amide bonds. The minimum atomic E-state index is -3.86. The summed E-state index contributed by atoms with van der Waals surface area (Å²) in [5.41, 5.74) is 1.80. The topological polar surface area (TPSA) is 92.8 Å². The number of esters is 1. The van der Waals surface area contributed by atoms with Crippen molar-refractivity contribution in [3.63, 3.8) is 0 Å². The molecule has 31 heavy (non-hydrogen) atoms. The maximum atomic E-state index is 12.9. The molecular formula is C22H24N2O5S2. The smallest absolute Gasteiger partial charge is 0.330 e. The SMILES string of the molecule is Cc1ccc(S(=O)(=O)N[C@@H]2C(=O)N3[C@@H]2SC(C)(C)[C@@H]3C(=O)OCc2ccccc2)cc1. The molecular weight excluding hydrogens is 436 g/mol. The van der Waals surface area contributed by atoms with E-state index in [0.717, 1.165) is 11.1 Å². The van der Waals surface area contributed by atoms with Crippen LogP contribution in [0.2, 0.25) is 0 Å². The Morgan fingerprint density at radius 3 is 2.42 bits per heavy atom. The van der Waals surface area contributed by atoms with Gasteiger partial charge in [0.05, 0.1) is 4.90 Å².